The van der Waals surface area contributed by atoms with Gasteiger partial charge in [-0.3, -0.25) is 19.2 Å². The number of amides is 4. The van der Waals surface area contributed by atoms with Gasteiger partial charge in [0.2, 0.25) is 17.7 Å². The number of aromatic amines is 1. The largest absolute Gasteiger partial charge is 0.480 e. The van der Waals surface area contributed by atoms with Gasteiger partial charge in [-0.2, -0.15) is 0 Å². The summed E-state index contributed by atoms with van der Waals surface area (Å²) in [5.41, 5.74) is 5.65. The quantitative estimate of drug-likeness (QED) is 0.0210. The summed E-state index contributed by atoms with van der Waals surface area (Å²) in [6.07, 6.45) is 7.79. The molecule has 6 N–H and O–H groups in total. The van der Waals surface area contributed by atoms with Crippen molar-refractivity contribution in [2.75, 3.05) is 6.54 Å². The fourth-order valence-corrected chi connectivity index (χ4v) is 7.09. The Hall–Kier alpha value is -6.76. The van der Waals surface area contributed by atoms with Crippen LogP contribution in [0.3, 0.4) is 0 Å². The third-order valence-corrected chi connectivity index (χ3v) is 10.9. The molecule has 5 rings (SSSR count). The van der Waals surface area contributed by atoms with Gasteiger partial charge in [-0.15, -0.1) is 0 Å². The fourth-order valence-electron chi connectivity index (χ4n) is 7.09. The SMILES string of the molecule is CC[C@H](C)[C@H](NC(=O)CCCCCCCNC(=O)[C@H](Cc1ccccc1)NC(=O)/C=N/OCc1ccc(-c2ccccc2)cc1)C(=O)N[C@@H](Cc1c[nH]c2ccccc12)C(=O)O. The Kier molecular flexibility index (Phi) is 18.3. The fraction of sp³-hybridized carbons (Fsp3) is 0.347. The molecule has 326 valence electrons. The van der Waals surface area contributed by atoms with Gasteiger partial charge in [-0.05, 0) is 52.6 Å². The van der Waals surface area contributed by atoms with Crippen LogP contribution in [0.1, 0.15) is 75.5 Å². The number of unbranched alkanes of at least 4 members (excludes halogenated alkanes) is 4. The number of carboxylic acid groups (broad SMARTS) is 1. The second kappa shape index (κ2) is 24.5. The van der Waals surface area contributed by atoms with Crippen LogP contribution in [0.2, 0.25) is 0 Å². The Morgan fingerprint density at radius 3 is 2.10 bits per heavy atom. The normalized spacial score (nSPS) is 13.1. The van der Waals surface area contributed by atoms with Crippen LogP contribution in [-0.4, -0.2) is 70.6 Å². The van der Waals surface area contributed by atoms with Crippen molar-refractivity contribution >= 4 is 46.7 Å². The molecule has 0 aliphatic carbocycles. The number of nitrogens with zero attached hydrogens (tertiary/aromatic N) is 1. The first-order valence-electron chi connectivity index (χ1n) is 21.4. The van der Waals surface area contributed by atoms with Gasteiger partial charge >= 0.3 is 5.97 Å². The molecule has 4 atom stereocenters. The van der Waals surface area contributed by atoms with Gasteiger partial charge in [0.05, 0.1) is 0 Å². The van der Waals surface area contributed by atoms with Crippen molar-refractivity contribution < 1.29 is 33.9 Å². The van der Waals surface area contributed by atoms with E-state index in [9.17, 15) is 29.1 Å². The summed E-state index contributed by atoms with van der Waals surface area (Å²) in [6.45, 7) is 4.38. The molecule has 62 heavy (non-hydrogen) atoms. The van der Waals surface area contributed by atoms with Crippen LogP contribution in [-0.2, 0) is 48.3 Å². The minimum Gasteiger partial charge on any atom is -0.480 e. The van der Waals surface area contributed by atoms with Gasteiger partial charge in [-0.1, -0.05) is 148 Å². The number of rotatable bonds is 25. The first kappa shape index (κ1) is 46.3. The molecule has 4 aromatic carbocycles. The number of aliphatic carboxylic acids is 1. The highest BCUT2D eigenvalue weighted by molar-refractivity contribution is 6.26. The van der Waals surface area contributed by atoms with Gasteiger partial charge < -0.3 is 36.2 Å². The molecule has 13 heteroatoms. The van der Waals surface area contributed by atoms with Crippen molar-refractivity contribution in [1.29, 1.82) is 0 Å². The van der Waals surface area contributed by atoms with E-state index in [1.165, 1.54) is 0 Å². The molecular weight excluding hydrogens is 785 g/mol. The Balaban J connectivity index is 0.997. The maximum Gasteiger partial charge on any atom is 0.326 e. The zero-order valence-electron chi connectivity index (χ0n) is 35.5. The van der Waals surface area contributed by atoms with Crippen LogP contribution in [0.4, 0.5) is 0 Å². The lowest BCUT2D eigenvalue weighted by atomic mass is 9.97. The van der Waals surface area contributed by atoms with Crippen LogP contribution in [0.5, 0.6) is 0 Å². The first-order valence-corrected chi connectivity index (χ1v) is 21.4. The molecule has 0 bridgehead atoms. The van der Waals surface area contributed by atoms with E-state index in [0.717, 1.165) is 64.2 Å². The van der Waals surface area contributed by atoms with E-state index in [2.05, 4.69) is 31.4 Å². The Morgan fingerprint density at radius 1 is 0.710 bits per heavy atom. The predicted octanol–water partition coefficient (Wildman–Crippen LogP) is 6.86. The molecule has 0 saturated heterocycles. The number of carbonyl (C=O) groups excluding carboxylic acids is 4. The zero-order valence-corrected chi connectivity index (χ0v) is 35.5. The number of aromatic nitrogens is 1. The average Bonchev–Trinajstić information content (AvgIpc) is 3.70. The van der Waals surface area contributed by atoms with E-state index in [0.29, 0.717) is 32.2 Å². The van der Waals surface area contributed by atoms with Crippen molar-refractivity contribution in [2.24, 2.45) is 11.1 Å². The number of para-hydroxylation sites is 1. The monoisotopic (exact) mass is 842 g/mol. The van der Waals surface area contributed by atoms with E-state index in [1.807, 2.05) is 123 Å². The van der Waals surface area contributed by atoms with Gasteiger partial charge in [0.25, 0.3) is 5.91 Å². The van der Waals surface area contributed by atoms with Crippen molar-refractivity contribution in [1.82, 2.24) is 26.3 Å². The van der Waals surface area contributed by atoms with Gasteiger partial charge in [0.15, 0.2) is 0 Å². The maximum atomic E-state index is 13.4. The number of hydrogen-bond acceptors (Lipinski definition) is 7. The summed E-state index contributed by atoms with van der Waals surface area (Å²) in [4.78, 5) is 73.1. The van der Waals surface area contributed by atoms with Gasteiger partial charge in [0, 0.05) is 42.9 Å². The van der Waals surface area contributed by atoms with Crippen LogP contribution in [0.25, 0.3) is 22.0 Å². The number of carbonyl (C=O) groups is 5. The summed E-state index contributed by atoms with van der Waals surface area (Å²) < 4.78 is 0. The Labute approximate surface area is 363 Å². The van der Waals surface area contributed by atoms with Crippen LogP contribution in [0, 0.1) is 5.92 Å². The van der Waals surface area contributed by atoms with E-state index < -0.39 is 35.9 Å². The van der Waals surface area contributed by atoms with Crippen molar-refractivity contribution in [3.63, 3.8) is 0 Å². The average molecular weight is 843 g/mol. The second-order valence-electron chi connectivity index (χ2n) is 15.5. The first-order chi connectivity index (χ1) is 30.1. The lowest BCUT2D eigenvalue weighted by Gasteiger charge is -2.25. The molecule has 4 amide bonds. The molecule has 0 aliphatic rings. The van der Waals surface area contributed by atoms with Crippen LogP contribution >= 0.6 is 0 Å². The van der Waals surface area contributed by atoms with E-state index in [4.69, 9.17) is 4.84 Å². The molecule has 1 heterocycles. The molecule has 0 saturated carbocycles. The number of oxime groups is 1. The number of nitrogens with one attached hydrogen (secondary N) is 5. The molecule has 0 fully saturated rings. The lowest BCUT2D eigenvalue weighted by Crippen LogP contribution is -2.54. The van der Waals surface area contributed by atoms with Gasteiger partial charge in [-0.25, -0.2) is 4.79 Å². The molecule has 1 aromatic heterocycles. The van der Waals surface area contributed by atoms with Crippen molar-refractivity contribution in [3.05, 3.63) is 132 Å². The molecule has 0 radical (unpaired) electrons. The van der Waals surface area contributed by atoms with E-state index in [-0.39, 0.29) is 37.2 Å². The van der Waals surface area contributed by atoms with Crippen molar-refractivity contribution in [3.8, 4) is 11.1 Å². The second-order valence-corrected chi connectivity index (χ2v) is 15.5. The minimum absolute atomic E-state index is 0.0965. The molecule has 0 unspecified atom stereocenters. The predicted molar refractivity (Wildman–Crippen MR) is 241 cm³/mol. The van der Waals surface area contributed by atoms with Crippen LogP contribution in [0.15, 0.2) is 121 Å². The number of H-pyrrole nitrogens is 1. The molecule has 0 aliphatic heterocycles. The van der Waals surface area contributed by atoms with E-state index >= 15 is 0 Å². The Morgan fingerprint density at radius 2 is 1.37 bits per heavy atom. The molecule has 0 spiro atoms. The summed E-state index contributed by atoms with van der Waals surface area (Å²) >= 11 is 0. The maximum absolute atomic E-state index is 13.4. The number of carboxylic acids is 1. The zero-order chi connectivity index (χ0) is 44.1. The molecular formula is C49H58N6O7. The smallest absolute Gasteiger partial charge is 0.326 e. The third-order valence-electron chi connectivity index (χ3n) is 10.9. The summed E-state index contributed by atoms with van der Waals surface area (Å²) in [6, 6.07) is 32.1. The summed E-state index contributed by atoms with van der Waals surface area (Å²) in [5, 5.41) is 25.9. The minimum atomic E-state index is -1.16. The standard InChI is InChI=1S/C49H58N6O7/c1-3-34(2)46(48(59)54-43(49(60)61)30-39-31-51-41-22-15-14-21-40(39)41)55-44(56)23-13-5-4-6-16-28-50-47(58)42(29-35-17-9-7-10-18-35)53-45(57)32-52-62-33-36-24-26-38(27-25-36)37-19-11-8-12-20-37/h7-12,14-15,17-22,24-27,31-32,34,42-43,46,51H,3-6,13,16,23,28-30,33H2,1-2H3,(H,50,58)(H,53,57)(H,54,59)(H,55,56)(H,60,61)/b52-32+/t34-,42-,43-,46-/m0/s1. The lowest BCUT2D eigenvalue weighted by molar-refractivity contribution is -0.142. The summed E-state index contributed by atoms with van der Waals surface area (Å²) in [5.74, 6) is -3.00. The number of benzene rings is 4. The highest BCUT2D eigenvalue weighted by Crippen LogP contribution is 2.21. The molecule has 5 aromatic rings. The summed E-state index contributed by atoms with van der Waals surface area (Å²) in [7, 11) is 0. The molecule has 13 nitrogen and oxygen atoms in total. The van der Waals surface area contributed by atoms with Gasteiger partial charge in [0.1, 0.15) is 30.9 Å². The highest BCUT2D eigenvalue weighted by atomic mass is 16.6. The highest BCUT2D eigenvalue weighted by Gasteiger charge is 2.30. The van der Waals surface area contributed by atoms with Crippen LogP contribution < -0.4 is 21.3 Å². The third kappa shape index (κ3) is 14.8. The van der Waals surface area contributed by atoms with Crippen molar-refractivity contribution in [2.45, 2.75) is 96.4 Å². The number of fused-ring (bicyclic) bond motifs is 1. The van der Waals surface area contributed by atoms with E-state index in [1.54, 1.807) is 6.20 Å². The number of hydrogen-bond donors (Lipinski definition) is 6. The Bertz CT molecular complexity index is 2230. The topological polar surface area (TPSA) is 191 Å².